The van der Waals surface area contributed by atoms with E-state index >= 15 is 0 Å². The Morgan fingerprint density at radius 1 is 1.07 bits per heavy atom. The maximum atomic E-state index is 12.6. The molecule has 0 bridgehead atoms. The molecule has 30 heavy (non-hydrogen) atoms. The maximum Gasteiger partial charge on any atom is 0.239 e. The molecule has 0 unspecified atom stereocenters. The molecule has 0 saturated carbocycles. The smallest absolute Gasteiger partial charge is 0.239 e. The first-order chi connectivity index (χ1) is 14.5. The zero-order valence-electron chi connectivity index (χ0n) is 17.5. The van der Waals surface area contributed by atoms with Crippen LogP contribution in [0.15, 0.2) is 47.1 Å². The summed E-state index contributed by atoms with van der Waals surface area (Å²) in [7, 11) is 0. The van der Waals surface area contributed by atoms with Crippen molar-refractivity contribution < 1.29 is 9.32 Å². The molecule has 0 spiro atoms. The number of piperazine rings is 1. The molecule has 1 amide bonds. The van der Waals surface area contributed by atoms with Gasteiger partial charge in [-0.05, 0) is 19.4 Å². The van der Waals surface area contributed by atoms with Crippen LogP contribution in [0.4, 0.5) is 5.82 Å². The molecule has 1 N–H and O–H groups in total. The van der Waals surface area contributed by atoms with Crippen LogP contribution in [-0.4, -0.2) is 63.4 Å². The van der Waals surface area contributed by atoms with E-state index in [0.29, 0.717) is 13.1 Å². The zero-order chi connectivity index (χ0) is 20.9. The quantitative estimate of drug-likeness (QED) is 0.646. The Labute approximate surface area is 176 Å². The maximum absolute atomic E-state index is 12.6. The minimum Gasteiger partial charge on any atom is -0.361 e. The number of rotatable bonds is 7. The highest BCUT2D eigenvalue weighted by Gasteiger charge is 2.20. The lowest BCUT2D eigenvalue weighted by Gasteiger charge is -2.33. The third-order valence-corrected chi connectivity index (χ3v) is 5.29. The van der Waals surface area contributed by atoms with Crippen molar-refractivity contribution in [2.75, 3.05) is 38.0 Å². The zero-order valence-corrected chi connectivity index (χ0v) is 17.5. The average molecular weight is 409 g/mol. The highest BCUT2D eigenvalue weighted by molar-refractivity contribution is 5.91. The number of carbonyl (C=O) groups excluding carboxylic acids is 1. The predicted molar refractivity (Wildman–Crippen MR) is 114 cm³/mol. The fourth-order valence-electron chi connectivity index (χ4n) is 3.76. The van der Waals surface area contributed by atoms with E-state index in [1.54, 1.807) is 6.20 Å². The van der Waals surface area contributed by atoms with Crippen LogP contribution in [0, 0.1) is 13.8 Å². The second-order valence-electron chi connectivity index (χ2n) is 7.89. The van der Waals surface area contributed by atoms with Crippen LogP contribution in [0.2, 0.25) is 0 Å². The van der Waals surface area contributed by atoms with Crippen LogP contribution in [0.5, 0.6) is 0 Å². The number of nitrogens with zero attached hydrogens (tertiary/aromatic N) is 5. The molecule has 0 radical (unpaired) electrons. The first kappa shape index (κ1) is 20.3. The number of aromatic nitrogens is 3. The van der Waals surface area contributed by atoms with Gasteiger partial charge >= 0.3 is 0 Å². The predicted octanol–water partition coefficient (Wildman–Crippen LogP) is 2.29. The van der Waals surface area contributed by atoms with Gasteiger partial charge in [0, 0.05) is 44.9 Å². The van der Waals surface area contributed by atoms with E-state index in [0.717, 1.165) is 55.6 Å². The van der Waals surface area contributed by atoms with E-state index in [9.17, 15) is 4.79 Å². The molecule has 3 aromatic rings. The molecule has 158 valence electrons. The second-order valence-corrected chi connectivity index (χ2v) is 7.89. The lowest BCUT2D eigenvalue weighted by Crippen LogP contribution is -2.48. The van der Waals surface area contributed by atoms with E-state index in [4.69, 9.17) is 4.52 Å². The van der Waals surface area contributed by atoms with Crippen LogP contribution in [0.3, 0.4) is 0 Å². The van der Waals surface area contributed by atoms with Crippen molar-refractivity contribution in [3.8, 4) is 0 Å². The Bertz CT molecular complexity index is 987. The van der Waals surface area contributed by atoms with Crippen LogP contribution < -0.4 is 5.32 Å². The fourth-order valence-corrected chi connectivity index (χ4v) is 3.76. The van der Waals surface area contributed by atoms with Gasteiger partial charge in [-0.2, -0.15) is 5.10 Å². The van der Waals surface area contributed by atoms with Crippen LogP contribution in [-0.2, 0) is 17.9 Å². The molecule has 0 aliphatic carbocycles. The summed E-state index contributed by atoms with van der Waals surface area (Å²) >= 11 is 0. The third kappa shape index (κ3) is 5.34. The molecule has 2 aromatic heterocycles. The fraction of sp³-hybridized carbons (Fsp3) is 0.409. The number of amides is 1. The Morgan fingerprint density at radius 2 is 1.87 bits per heavy atom. The minimum atomic E-state index is -0.0124. The van der Waals surface area contributed by atoms with Gasteiger partial charge in [-0.25, -0.2) is 4.68 Å². The van der Waals surface area contributed by atoms with Crippen molar-refractivity contribution in [3.05, 3.63) is 65.2 Å². The Hall–Kier alpha value is -2.97. The molecule has 4 rings (SSSR count). The van der Waals surface area contributed by atoms with Crippen molar-refractivity contribution in [3.63, 3.8) is 0 Å². The SMILES string of the molecule is Cc1cccc(Cn2nccc2NC(=O)CN2CCN(Cc3cc(C)on3)CC2)c1. The van der Waals surface area contributed by atoms with Crippen molar-refractivity contribution in [2.45, 2.75) is 26.9 Å². The number of benzene rings is 1. The van der Waals surface area contributed by atoms with Gasteiger partial charge in [0.25, 0.3) is 0 Å². The normalized spacial score (nSPS) is 15.4. The topological polar surface area (TPSA) is 79.4 Å². The van der Waals surface area contributed by atoms with Crippen LogP contribution in [0.1, 0.15) is 22.6 Å². The average Bonchev–Trinajstić information content (AvgIpc) is 3.32. The summed E-state index contributed by atoms with van der Waals surface area (Å²) in [5.74, 6) is 1.55. The standard InChI is InChI=1S/C22H28N6O2/c1-17-4-3-5-19(12-17)14-28-21(6-7-23-28)24-22(29)16-27-10-8-26(9-11-27)15-20-13-18(2)30-25-20/h3-7,12-13H,8-11,14-16H2,1-2H3,(H,24,29). The van der Waals surface area contributed by atoms with Gasteiger partial charge in [-0.3, -0.25) is 14.6 Å². The molecule has 8 nitrogen and oxygen atoms in total. The lowest BCUT2D eigenvalue weighted by molar-refractivity contribution is -0.117. The van der Waals surface area contributed by atoms with E-state index < -0.39 is 0 Å². The van der Waals surface area contributed by atoms with Crippen molar-refractivity contribution in [2.24, 2.45) is 0 Å². The van der Waals surface area contributed by atoms with Crippen LogP contribution in [0.25, 0.3) is 0 Å². The van der Waals surface area contributed by atoms with Gasteiger partial charge in [-0.1, -0.05) is 35.0 Å². The molecule has 1 aliphatic rings. The highest BCUT2D eigenvalue weighted by Crippen LogP contribution is 2.13. The third-order valence-electron chi connectivity index (χ3n) is 5.29. The Morgan fingerprint density at radius 3 is 2.60 bits per heavy atom. The summed E-state index contributed by atoms with van der Waals surface area (Å²) in [6, 6.07) is 12.1. The molecule has 1 aliphatic heterocycles. The van der Waals surface area contributed by atoms with E-state index in [2.05, 4.69) is 50.5 Å². The summed E-state index contributed by atoms with van der Waals surface area (Å²) in [6.07, 6.45) is 1.72. The second kappa shape index (κ2) is 9.23. The van der Waals surface area contributed by atoms with Crippen LogP contribution >= 0.6 is 0 Å². The number of anilines is 1. The van der Waals surface area contributed by atoms with Crippen molar-refractivity contribution >= 4 is 11.7 Å². The van der Waals surface area contributed by atoms with Crippen molar-refractivity contribution in [1.82, 2.24) is 24.7 Å². The molecular weight excluding hydrogens is 380 g/mol. The molecule has 1 saturated heterocycles. The summed E-state index contributed by atoms with van der Waals surface area (Å²) in [6.45, 7) is 9.29. The van der Waals surface area contributed by atoms with Gasteiger partial charge in [0.1, 0.15) is 11.6 Å². The summed E-state index contributed by atoms with van der Waals surface area (Å²) in [5.41, 5.74) is 3.33. The van der Waals surface area contributed by atoms with E-state index in [1.807, 2.05) is 29.8 Å². The number of hydrogen-bond donors (Lipinski definition) is 1. The van der Waals surface area contributed by atoms with Gasteiger partial charge < -0.3 is 9.84 Å². The molecule has 8 heteroatoms. The summed E-state index contributed by atoms with van der Waals surface area (Å²) in [4.78, 5) is 17.1. The Kier molecular flexibility index (Phi) is 6.25. The molecule has 1 fully saturated rings. The summed E-state index contributed by atoms with van der Waals surface area (Å²) in [5, 5.41) is 11.4. The number of aryl methyl sites for hydroxylation is 2. The van der Waals surface area contributed by atoms with E-state index in [-0.39, 0.29) is 5.91 Å². The number of carbonyl (C=O) groups is 1. The molecule has 3 heterocycles. The lowest BCUT2D eigenvalue weighted by atomic mass is 10.1. The molecular formula is C22H28N6O2. The van der Waals surface area contributed by atoms with Gasteiger partial charge in [0.2, 0.25) is 5.91 Å². The number of nitrogens with one attached hydrogen (secondary N) is 1. The number of hydrogen-bond acceptors (Lipinski definition) is 6. The largest absolute Gasteiger partial charge is 0.361 e. The molecule has 1 aromatic carbocycles. The van der Waals surface area contributed by atoms with Gasteiger partial charge in [0.15, 0.2) is 0 Å². The van der Waals surface area contributed by atoms with Gasteiger partial charge in [-0.15, -0.1) is 0 Å². The van der Waals surface area contributed by atoms with E-state index in [1.165, 1.54) is 5.56 Å². The first-order valence-corrected chi connectivity index (χ1v) is 10.3. The summed E-state index contributed by atoms with van der Waals surface area (Å²) < 4.78 is 6.96. The Balaban J connectivity index is 1.25. The monoisotopic (exact) mass is 408 g/mol. The highest BCUT2D eigenvalue weighted by atomic mass is 16.5. The first-order valence-electron chi connectivity index (χ1n) is 10.3. The minimum absolute atomic E-state index is 0.0124. The van der Waals surface area contributed by atoms with Gasteiger partial charge in [0.05, 0.1) is 25.0 Å². The molecule has 0 atom stereocenters. The van der Waals surface area contributed by atoms with Crippen molar-refractivity contribution in [1.29, 1.82) is 0 Å².